The molecule has 4 N–H and O–H groups in total. The molecule has 0 aromatic carbocycles. The van der Waals surface area contributed by atoms with Crippen LogP contribution in [0.5, 0.6) is 0 Å². The van der Waals surface area contributed by atoms with Crippen LogP contribution in [0.2, 0.25) is 0 Å². The van der Waals surface area contributed by atoms with E-state index in [9.17, 15) is 4.57 Å². The minimum absolute atomic E-state index is 0. The van der Waals surface area contributed by atoms with Crippen LogP contribution in [0.4, 0.5) is 0 Å². The van der Waals surface area contributed by atoms with Crippen molar-refractivity contribution in [3.05, 3.63) is 0 Å². The van der Waals surface area contributed by atoms with Gasteiger partial charge < -0.3 is 21.3 Å². The second-order valence-electron chi connectivity index (χ2n) is 0.922. The maximum Gasteiger partial charge on any atom is 1.00 e. The largest absolute Gasteiger partial charge is 1.00 e. The smallest absolute Gasteiger partial charge is 1.00 e. The number of hydrogen-bond acceptors (Lipinski definition) is 4. The average Bonchev–Trinajstić information content (AvgIpc) is 1.21. The number of phosphoric acid groups is 1. The summed E-state index contributed by atoms with van der Waals surface area (Å²) in [6, 6.07) is 0. The standard InChI is InChI=1S/BH4O6P.K.H/c2-1(3)7-8(4,5)6;;/h2-3H,(H2,4,5,6);;/q;+1;-1. The summed E-state index contributed by atoms with van der Waals surface area (Å²) >= 11 is 0. The van der Waals surface area contributed by atoms with Crippen molar-refractivity contribution in [3.63, 3.8) is 0 Å². The van der Waals surface area contributed by atoms with E-state index in [-0.39, 0.29) is 52.8 Å². The van der Waals surface area contributed by atoms with Crippen molar-refractivity contribution in [1.82, 2.24) is 0 Å². The second-order valence-corrected chi connectivity index (χ2v) is 2.11. The molecule has 0 atom stereocenters. The Hall–Kier alpha value is 1.73. The fourth-order valence-corrected chi connectivity index (χ4v) is 0.368. The van der Waals surface area contributed by atoms with E-state index >= 15 is 0 Å². The second kappa shape index (κ2) is 5.39. The average molecular weight is 182 g/mol. The number of hydrogen-bond donors (Lipinski definition) is 4. The third-order valence-corrected chi connectivity index (χ3v) is 0.695. The zero-order valence-corrected chi connectivity index (χ0v) is 8.65. The fraction of sp³-hybridized carbons (Fsp3) is 0. The maximum absolute atomic E-state index is 9.59. The summed E-state index contributed by atoms with van der Waals surface area (Å²) in [7, 11) is -7.14. The Morgan fingerprint density at radius 2 is 1.78 bits per heavy atom. The molecule has 9 heavy (non-hydrogen) atoms. The van der Waals surface area contributed by atoms with Crippen LogP contribution >= 0.6 is 7.82 Å². The molecule has 0 unspecified atom stereocenters. The molecule has 0 radical (unpaired) electrons. The van der Waals surface area contributed by atoms with E-state index < -0.39 is 15.1 Å². The molecule has 0 bridgehead atoms. The summed E-state index contributed by atoms with van der Waals surface area (Å²) < 4.78 is 12.8. The molecule has 50 valence electrons. The normalized spacial score (nSPS) is 10.2. The first-order chi connectivity index (χ1) is 3.42. The van der Waals surface area contributed by atoms with Crippen LogP contribution in [0.25, 0.3) is 0 Å². The summed E-state index contributed by atoms with van der Waals surface area (Å²) in [5, 5.41) is 15.5. The summed E-state index contributed by atoms with van der Waals surface area (Å²) in [6.07, 6.45) is 0. The molecule has 0 saturated carbocycles. The summed E-state index contributed by atoms with van der Waals surface area (Å²) in [5.74, 6) is 0. The quantitative estimate of drug-likeness (QED) is 0.252. The van der Waals surface area contributed by atoms with Gasteiger partial charge in [-0.2, -0.15) is 0 Å². The van der Waals surface area contributed by atoms with Crippen LogP contribution in [-0.2, 0) is 9.01 Å². The van der Waals surface area contributed by atoms with E-state index in [1.54, 1.807) is 0 Å². The topological polar surface area (TPSA) is 107 Å². The predicted octanol–water partition coefficient (Wildman–Crippen LogP) is -4.82. The Kier molecular flexibility index (Phi) is 7.98. The van der Waals surface area contributed by atoms with E-state index in [0.29, 0.717) is 0 Å². The third-order valence-electron chi connectivity index (χ3n) is 0.232. The Bertz CT molecular complexity index is 110. The Balaban J connectivity index is -0.000000245. The van der Waals surface area contributed by atoms with E-state index in [0.717, 1.165) is 0 Å². The molecule has 0 saturated heterocycles. The van der Waals surface area contributed by atoms with Gasteiger partial charge >= 0.3 is 66.5 Å². The molecule has 0 fully saturated rings. The van der Waals surface area contributed by atoms with Crippen LogP contribution in [-0.4, -0.2) is 27.2 Å². The molecule has 0 aromatic rings. The van der Waals surface area contributed by atoms with Crippen molar-refractivity contribution < 1.29 is 81.7 Å². The van der Waals surface area contributed by atoms with E-state index in [1.165, 1.54) is 0 Å². The molecule has 6 nitrogen and oxygen atoms in total. The number of rotatable bonds is 2. The molecular weight excluding hydrogens is 177 g/mol. The van der Waals surface area contributed by atoms with Crippen LogP contribution in [0.1, 0.15) is 1.43 Å². The molecule has 0 aliphatic rings. The summed E-state index contributed by atoms with van der Waals surface area (Å²) in [5.41, 5.74) is 0. The summed E-state index contributed by atoms with van der Waals surface area (Å²) in [4.78, 5) is 15.5. The Morgan fingerprint density at radius 1 is 1.44 bits per heavy atom. The van der Waals surface area contributed by atoms with E-state index in [1.807, 2.05) is 0 Å². The van der Waals surface area contributed by atoms with Crippen molar-refractivity contribution in [3.8, 4) is 0 Å². The van der Waals surface area contributed by atoms with Gasteiger partial charge in [-0.15, -0.1) is 0 Å². The minimum Gasteiger partial charge on any atom is -1.00 e. The van der Waals surface area contributed by atoms with Crippen molar-refractivity contribution in [2.75, 3.05) is 0 Å². The van der Waals surface area contributed by atoms with Gasteiger partial charge in [-0.25, -0.2) is 4.57 Å². The zero-order chi connectivity index (χ0) is 6.78. The van der Waals surface area contributed by atoms with Crippen molar-refractivity contribution >= 4 is 15.1 Å². The van der Waals surface area contributed by atoms with Gasteiger partial charge in [-0.3, -0.25) is 4.44 Å². The van der Waals surface area contributed by atoms with Crippen LogP contribution in [0.15, 0.2) is 0 Å². The monoisotopic (exact) mass is 182 g/mol. The van der Waals surface area contributed by atoms with Crippen LogP contribution < -0.4 is 51.4 Å². The van der Waals surface area contributed by atoms with Crippen molar-refractivity contribution in [1.29, 1.82) is 0 Å². The molecular formula is H5BKO6P. The minimum atomic E-state index is -4.72. The van der Waals surface area contributed by atoms with Crippen molar-refractivity contribution in [2.45, 2.75) is 0 Å². The van der Waals surface area contributed by atoms with Gasteiger partial charge in [-0.1, -0.05) is 0 Å². The van der Waals surface area contributed by atoms with Gasteiger partial charge in [0.05, 0.1) is 0 Å². The van der Waals surface area contributed by atoms with Gasteiger partial charge in [0.1, 0.15) is 0 Å². The third kappa shape index (κ3) is 12.8. The van der Waals surface area contributed by atoms with Gasteiger partial charge in [0.25, 0.3) is 0 Å². The first-order valence-electron chi connectivity index (χ1n) is 1.52. The van der Waals surface area contributed by atoms with Crippen LogP contribution in [0.3, 0.4) is 0 Å². The predicted molar refractivity (Wildman–Crippen MR) is 24.4 cm³/mol. The molecule has 0 aromatic heterocycles. The van der Waals surface area contributed by atoms with Gasteiger partial charge in [0.15, 0.2) is 0 Å². The maximum atomic E-state index is 9.59. The Morgan fingerprint density at radius 3 is 1.78 bits per heavy atom. The molecule has 0 rings (SSSR count). The first-order valence-corrected chi connectivity index (χ1v) is 3.05. The van der Waals surface area contributed by atoms with Gasteiger partial charge in [0, 0.05) is 0 Å². The van der Waals surface area contributed by atoms with Gasteiger partial charge in [-0.05, 0) is 0 Å². The molecule has 9 heteroatoms. The van der Waals surface area contributed by atoms with E-state index in [4.69, 9.17) is 19.8 Å². The molecule has 0 aliphatic carbocycles. The molecule has 0 aliphatic heterocycles. The fourth-order valence-electron chi connectivity index (χ4n) is 0.123. The van der Waals surface area contributed by atoms with Gasteiger partial charge in [0.2, 0.25) is 0 Å². The van der Waals surface area contributed by atoms with E-state index in [2.05, 4.69) is 4.44 Å². The zero-order valence-electron chi connectivity index (χ0n) is 5.63. The molecule has 0 heterocycles. The molecule has 0 amide bonds. The Labute approximate surface area is 95.5 Å². The first kappa shape index (κ1) is 13.3. The molecule has 0 spiro atoms. The van der Waals surface area contributed by atoms with Crippen LogP contribution in [0, 0.1) is 0 Å². The SMILES string of the molecule is O=P(O)(O)OB(O)O.[H-].[K+]. The van der Waals surface area contributed by atoms with Crippen molar-refractivity contribution in [2.24, 2.45) is 0 Å². The summed E-state index contributed by atoms with van der Waals surface area (Å²) in [6.45, 7) is 0.